The number of imidazole rings is 1. The van der Waals surface area contributed by atoms with E-state index in [1.807, 2.05) is 25.0 Å². The van der Waals surface area contributed by atoms with Gasteiger partial charge < -0.3 is 99.4 Å². The maximum atomic E-state index is 14.3. The number of carboxylic acids is 3. The summed E-state index contributed by atoms with van der Waals surface area (Å²) in [6, 6.07) is -1.74. The van der Waals surface area contributed by atoms with Crippen molar-refractivity contribution in [3.8, 4) is 0 Å². The van der Waals surface area contributed by atoms with Gasteiger partial charge in [0.15, 0.2) is 0 Å². The van der Waals surface area contributed by atoms with Crippen molar-refractivity contribution in [3.05, 3.63) is 54.2 Å². The van der Waals surface area contributed by atoms with Gasteiger partial charge in [0.25, 0.3) is 0 Å². The number of H-pyrrole nitrogens is 2. The summed E-state index contributed by atoms with van der Waals surface area (Å²) in [7, 11) is 0. The molecule has 630 valence electrons. The fraction of sp³-hybridized carbons (Fsp3) is 0.644. The van der Waals surface area contributed by atoms with E-state index in [2.05, 4.69) is 68.1 Å². The fourth-order valence-corrected chi connectivity index (χ4v) is 12.5. The second-order valence-electron chi connectivity index (χ2n) is 28.4. The highest BCUT2D eigenvalue weighted by atomic mass is 32.2. The number of ether oxygens (including phenoxy) is 2. The minimum absolute atomic E-state index is 0.0114. The Hall–Kier alpha value is -9.87. The maximum absolute atomic E-state index is 14.3. The number of para-hydroxylation sites is 1. The standard InChI is InChI=1S/C73H117N19O20S/c1-46(2)34-55(71(108)85-53(67(75)104)19-33-113-6)86-72(109)57(36-50-38-76-45-81-50)84-60(95)39-80-73(110)66(47(3)4)88-68(105)48(5)82-70(107)56(35-49-37-79-52-15-12-11-14-51(49)52)87-69(106)54(17-18-58(74)93)83-62(97)44-112-32-31-111-30-21-78-59(94)16-10-8-7-9-13-20-77-61(96)40-89-22-24-90(41-63(98)99)26-28-92(43-65(102)103)29-27-91(25-23-89)42-64(100)101/h11-12,14-15,37-38,45-48,53-57,66,79H,7-10,13,16-36,39-44H2,1-6H3,(H2,74,93)(H2,75,104)(H,76,81)(H,77,96)(H,78,94)(H,80,110)(H,82,107)(H,83,97)(H,84,95)(H,85,108)(H,86,109)(H,87,106)(H,88,105)(H,98,99)(H,100,101)(H,102,103)/t48-,53-,54-,55-,56-,57-,66-/m0/s1. The van der Waals surface area contributed by atoms with Crippen molar-refractivity contribution >= 4 is 111 Å². The predicted molar refractivity (Wildman–Crippen MR) is 415 cm³/mol. The van der Waals surface area contributed by atoms with Crippen LogP contribution in [-0.2, 0) is 94.2 Å². The number of primary amides is 2. The lowest BCUT2D eigenvalue weighted by Gasteiger charge is -2.32. The van der Waals surface area contributed by atoms with E-state index in [-0.39, 0.29) is 141 Å². The van der Waals surface area contributed by atoms with E-state index in [0.717, 1.165) is 19.3 Å². The van der Waals surface area contributed by atoms with Gasteiger partial charge in [-0.2, -0.15) is 11.8 Å². The number of amides is 12. The lowest BCUT2D eigenvalue weighted by molar-refractivity contribution is -0.140. The van der Waals surface area contributed by atoms with Gasteiger partial charge in [0.1, 0.15) is 48.9 Å². The maximum Gasteiger partial charge on any atom is 0.317 e. The highest BCUT2D eigenvalue weighted by molar-refractivity contribution is 7.98. The van der Waals surface area contributed by atoms with Gasteiger partial charge in [-0.3, -0.25) is 91.5 Å². The zero-order valence-electron chi connectivity index (χ0n) is 65.4. The Morgan fingerprint density at radius 2 is 1.06 bits per heavy atom. The molecule has 0 unspecified atom stereocenters. The van der Waals surface area contributed by atoms with Crippen LogP contribution >= 0.6 is 11.8 Å². The number of fused-ring (bicyclic) bond motifs is 1. The number of rotatable bonds is 53. The van der Waals surface area contributed by atoms with Crippen molar-refractivity contribution in [1.82, 2.24) is 87.7 Å². The molecule has 3 heterocycles. The van der Waals surface area contributed by atoms with Crippen LogP contribution in [0.2, 0.25) is 0 Å². The molecule has 0 saturated carbocycles. The number of aromatic amines is 2. The van der Waals surface area contributed by atoms with Crippen molar-refractivity contribution in [2.24, 2.45) is 23.3 Å². The molecular formula is C73H117N19O20S. The Kier molecular flexibility index (Phi) is 44.3. The second kappa shape index (κ2) is 52.4. The van der Waals surface area contributed by atoms with E-state index >= 15 is 0 Å². The largest absolute Gasteiger partial charge is 0.480 e. The molecule has 0 spiro atoms. The molecule has 7 atom stereocenters. The van der Waals surface area contributed by atoms with Gasteiger partial charge in [-0.05, 0) is 74.5 Å². The van der Waals surface area contributed by atoms with Crippen LogP contribution in [0.4, 0.5) is 0 Å². The molecular weight excluding hydrogens is 1490 g/mol. The number of nitrogens with two attached hydrogens (primary N) is 2. The predicted octanol–water partition coefficient (Wildman–Crippen LogP) is -3.51. The number of nitrogens with one attached hydrogen (secondary N) is 12. The van der Waals surface area contributed by atoms with Gasteiger partial charge in [0, 0.05) is 120 Å². The number of aliphatic carboxylic acids is 3. The third-order valence-corrected chi connectivity index (χ3v) is 18.8. The third-order valence-electron chi connectivity index (χ3n) is 18.2. The molecule has 3 aromatic rings. The number of unbranched alkanes of at least 4 members (excludes halogenated alkanes) is 4. The molecule has 1 aliphatic heterocycles. The van der Waals surface area contributed by atoms with Crippen LogP contribution < -0.4 is 64.6 Å². The molecule has 113 heavy (non-hydrogen) atoms. The number of hydrogen-bond donors (Lipinski definition) is 17. The van der Waals surface area contributed by atoms with E-state index in [1.165, 1.54) is 31.2 Å². The van der Waals surface area contributed by atoms with Crippen molar-refractivity contribution in [3.63, 3.8) is 0 Å². The number of carboxylic acid groups (broad SMARTS) is 3. The highest BCUT2D eigenvalue weighted by Crippen LogP contribution is 2.20. The summed E-state index contributed by atoms with van der Waals surface area (Å²) >= 11 is 1.46. The average molecular weight is 1610 g/mol. The van der Waals surface area contributed by atoms with E-state index in [4.69, 9.17) is 20.9 Å². The Morgan fingerprint density at radius 1 is 0.522 bits per heavy atom. The smallest absolute Gasteiger partial charge is 0.317 e. The summed E-state index contributed by atoms with van der Waals surface area (Å²) in [5, 5.41) is 55.6. The molecule has 12 amide bonds. The molecule has 1 fully saturated rings. The summed E-state index contributed by atoms with van der Waals surface area (Å²) in [5.41, 5.74) is 12.8. The summed E-state index contributed by atoms with van der Waals surface area (Å²) in [6.07, 6.45) is 9.80. The SMILES string of the molecule is CSCC[C@H](NC(=O)[C@H](CC(C)C)NC(=O)[C@H](Cc1cnc[nH]1)NC(=O)CNC(=O)[C@@H](NC(=O)[C@H](C)NC(=O)[C@H](Cc1c[nH]c2ccccc12)NC(=O)[C@H](CCC(N)=O)NC(=O)COCCOCCNC(=O)CCCCCCCNC(=O)CN1CCN(CC(=O)O)CCN(CC(=O)O)CCN(CC(=O)O)CC1)C(C)C)C(N)=O. The van der Waals surface area contributed by atoms with Crippen LogP contribution in [0.3, 0.4) is 0 Å². The number of aromatic nitrogens is 3. The van der Waals surface area contributed by atoms with Crippen molar-refractivity contribution in [1.29, 1.82) is 0 Å². The minimum atomic E-state index is -1.42. The van der Waals surface area contributed by atoms with E-state index in [1.54, 1.807) is 59.0 Å². The Labute approximate surface area is 661 Å². The number of benzene rings is 1. The first kappa shape index (κ1) is 95.5. The van der Waals surface area contributed by atoms with Crippen molar-refractivity contribution in [2.45, 2.75) is 154 Å². The fourth-order valence-electron chi connectivity index (χ4n) is 12.1. The number of nitrogens with zero attached hydrogens (tertiary/aromatic N) is 5. The summed E-state index contributed by atoms with van der Waals surface area (Å²) in [6.45, 7) is 9.22. The van der Waals surface area contributed by atoms with Crippen LogP contribution in [0.1, 0.15) is 110 Å². The van der Waals surface area contributed by atoms with Gasteiger partial charge in [0.2, 0.25) is 70.9 Å². The molecule has 1 aromatic carbocycles. The van der Waals surface area contributed by atoms with Crippen LogP contribution in [0, 0.1) is 11.8 Å². The van der Waals surface area contributed by atoms with Crippen LogP contribution in [-0.4, -0.2) is 318 Å². The first-order valence-corrected chi connectivity index (χ1v) is 39.4. The first-order valence-electron chi connectivity index (χ1n) is 38.0. The van der Waals surface area contributed by atoms with Gasteiger partial charge >= 0.3 is 17.9 Å². The molecule has 39 nitrogen and oxygen atoms in total. The number of carbonyl (C=O) groups excluding carboxylic acids is 12. The molecule has 40 heteroatoms. The Bertz CT molecular complexity index is 3540. The zero-order valence-corrected chi connectivity index (χ0v) is 66.3. The molecule has 0 bridgehead atoms. The lowest BCUT2D eigenvalue weighted by atomic mass is 10.0. The normalized spacial score (nSPS) is 15.3. The summed E-state index contributed by atoms with van der Waals surface area (Å²) < 4.78 is 11.1. The van der Waals surface area contributed by atoms with Gasteiger partial charge in [0.05, 0.1) is 58.9 Å². The van der Waals surface area contributed by atoms with Gasteiger partial charge in [-0.15, -0.1) is 0 Å². The van der Waals surface area contributed by atoms with E-state index < -0.39 is 138 Å². The monoisotopic (exact) mass is 1610 g/mol. The number of hydrogen-bond acceptors (Lipinski definition) is 23. The van der Waals surface area contributed by atoms with Gasteiger partial charge in [-0.25, -0.2) is 4.98 Å². The number of thioether (sulfide) groups is 1. The van der Waals surface area contributed by atoms with Crippen LogP contribution in [0.5, 0.6) is 0 Å². The summed E-state index contributed by atoms with van der Waals surface area (Å²) in [4.78, 5) is 212. The zero-order chi connectivity index (χ0) is 83.4. The van der Waals surface area contributed by atoms with E-state index in [0.29, 0.717) is 73.5 Å². The molecule has 2 aromatic heterocycles. The highest BCUT2D eigenvalue weighted by Gasteiger charge is 2.35. The Balaban J connectivity index is 1.22. The molecule has 4 rings (SSSR count). The quantitative estimate of drug-likeness (QED) is 0.0244. The first-order chi connectivity index (χ1) is 53.8. The van der Waals surface area contributed by atoms with Crippen molar-refractivity contribution in [2.75, 3.05) is 137 Å². The minimum Gasteiger partial charge on any atom is -0.480 e. The van der Waals surface area contributed by atoms with Crippen molar-refractivity contribution < 1.29 is 96.7 Å². The number of carbonyl (C=O) groups is 15. The lowest BCUT2D eigenvalue weighted by Crippen LogP contribution is -2.59. The molecule has 0 aliphatic carbocycles. The third kappa shape index (κ3) is 39.4. The van der Waals surface area contributed by atoms with Gasteiger partial charge in [-0.1, -0.05) is 65.2 Å². The second-order valence-corrected chi connectivity index (χ2v) is 29.4. The molecule has 1 saturated heterocycles. The van der Waals surface area contributed by atoms with Crippen LogP contribution in [0.25, 0.3) is 10.9 Å². The molecule has 1 aliphatic rings. The molecule has 19 N–H and O–H groups in total. The van der Waals surface area contributed by atoms with Crippen LogP contribution in [0.15, 0.2) is 43.0 Å². The Morgan fingerprint density at radius 3 is 1.65 bits per heavy atom. The van der Waals surface area contributed by atoms with E-state index in [9.17, 15) is 87.2 Å². The topological polar surface area (TPSA) is 565 Å². The average Bonchev–Trinajstić information content (AvgIpc) is 1.71. The molecule has 0 radical (unpaired) electrons. The summed E-state index contributed by atoms with van der Waals surface area (Å²) in [5.74, 6) is -11.6.